The van der Waals surface area contributed by atoms with Crippen molar-refractivity contribution in [1.82, 2.24) is 0 Å². The number of aryl methyl sites for hydroxylation is 1. The van der Waals surface area contributed by atoms with E-state index in [1.807, 2.05) is 55.6 Å². The molecule has 28 heavy (non-hydrogen) atoms. The zero-order valence-corrected chi connectivity index (χ0v) is 17.2. The Morgan fingerprint density at radius 2 is 1.43 bits per heavy atom. The zero-order chi connectivity index (χ0) is 20.1. The second kappa shape index (κ2) is 8.70. The molecule has 0 N–H and O–H groups in total. The van der Waals surface area contributed by atoms with Gasteiger partial charge in [0.15, 0.2) is 11.5 Å². The average Bonchev–Trinajstić information content (AvgIpc) is 2.74. The molecule has 3 aromatic carbocycles. The first-order chi connectivity index (χ1) is 13.5. The van der Waals surface area contributed by atoms with Crippen LogP contribution in [0, 0.1) is 13.8 Å². The van der Waals surface area contributed by atoms with Crippen molar-refractivity contribution in [1.29, 1.82) is 0 Å². The van der Waals surface area contributed by atoms with Crippen LogP contribution in [0.4, 0.5) is 11.4 Å². The van der Waals surface area contributed by atoms with E-state index in [9.17, 15) is 0 Å². The van der Waals surface area contributed by atoms with Crippen molar-refractivity contribution in [2.75, 3.05) is 26.2 Å². The van der Waals surface area contributed by atoms with Gasteiger partial charge in [-0.2, -0.15) is 0 Å². The van der Waals surface area contributed by atoms with Gasteiger partial charge in [0, 0.05) is 30.6 Å². The van der Waals surface area contributed by atoms with Crippen molar-refractivity contribution in [2.45, 2.75) is 20.5 Å². The molecule has 0 aliphatic rings. The number of methoxy groups -OCH3 is 2. The monoisotopic (exact) mass is 377 g/mol. The van der Waals surface area contributed by atoms with Crippen LogP contribution < -0.4 is 19.1 Å². The molecule has 4 nitrogen and oxygen atoms in total. The number of ether oxygens (including phenoxy) is 3. The highest BCUT2D eigenvalue weighted by molar-refractivity contribution is 5.68. The molecule has 0 saturated heterocycles. The lowest BCUT2D eigenvalue weighted by molar-refractivity contribution is 0.284. The van der Waals surface area contributed by atoms with E-state index in [2.05, 4.69) is 30.9 Å². The summed E-state index contributed by atoms with van der Waals surface area (Å²) in [7, 11) is 5.39. The van der Waals surface area contributed by atoms with Gasteiger partial charge in [-0.1, -0.05) is 30.3 Å². The minimum absolute atomic E-state index is 0.488. The smallest absolute Gasteiger partial charge is 0.163 e. The van der Waals surface area contributed by atoms with E-state index in [-0.39, 0.29) is 0 Å². The maximum Gasteiger partial charge on any atom is 0.163 e. The lowest BCUT2D eigenvalue weighted by Crippen LogP contribution is -2.11. The molecule has 0 saturated carbocycles. The number of nitrogens with zero attached hydrogens (tertiary/aromatic N) is 1. The topological polar surface area (TPSA) is 30.9 Å². The molecule has 0 aromatic heterocycles. The van der Waals surface area contributed by atoms with Crippen LogP contribution in [0.1, 0.15) is 16.7 Å². The van der Waals surface area contributed by atoms with Crippen molar-refractivity contribution in [2.24, 2.45) is 0 Å². The van der Waals surface area contributed by atoms with E-state index in [0.29, 0.717) is 18.1 Å². The van der Waals surface area contributed by atoms with E-state index < -0.39 is 0 Å². The molecule has 0 aliphatic carbocycles. The molecule has 0 fully saturated rings. The van der Waals surface area contributed by atoms with Crippen LogP contribution in [0.25, 0.3) is 0 Å². The van der Waals surface area contributed by atoms with Gasteiger partial charge >= 0.3 is 0 Å². The van der Waals surface area contributed by atoms with Gasteiger partial charge in [-0.25, -0.2) is 0 Å². The van der Waals surface area contributed by atoms with Gasteiger partial charge in [0.25, 0.3) is 0 Å². The Balaban J connectivity index is 1.89. The molecule has 146 valence electrons. The van der Waals surface area contributed by atoms with E-state index >= 15 is 0 Å². The number of benzene rings is 3. The van der Waals surface area contributed by atoms with Crippen LogP contribution in [0.3, 0.4) is 0 Å². The van der Waals surface area contributed by atoms with E-state index in [4.69, 9.17) is 14.2 Å². The predicted octanol–water partition coefficient (Wildman–Crippen LogP) is 5.67. The second-order valence-electron chi connectivity index (χ2n) is 6.76. The highest BCUT2D eigenvalue weighted by Crippen LogP contribution is 2.36. The summed E-state index contributed by atoms with van der Waals surface area (Å²) in [4.78, 5) is 2.11. The second-order valence-corrected chi connectivity index (χ2v) is 6.76. The van der Waals surface area contributed by atoms with Crippen molar-refractivity contribution in [3.8, 4) is 17.2 Å². The summed E-state index contributed by atoms with van der Waals surface area (Å²) in [5.41, 5.74) is 5.52. The highest BCUT2D eigenvalue weighted by Gasteiger charge is 2.13. The number of hydrogen-bond donors (Lipinski definition) is 0. The van der Waals surface area contributed by atoms with Crippen molar-refractivity contribution in [3.05, 3.63) is 77.4 Å². The van der Waals surface area contributed by atoms with Crippen LogP contribution in [-0.2, 0) is 6.61 Å². The molecule has 4 heteroatoms. The van der Waals surface area contributed by atoms with Gasteiger partial charge in [-0.15, -0.1) is 0 Å². The number of hydrogen-bond acceptors (Lipinski definition) is 4. The summed E-state index contributed by atoms with van der Waals surface area (Å²) < 4.78 is 17.1. The summed E-state index contributed by atoms with van der Waals surface area (Å²) >= 11 is 0. The maximum atomic E-state index is 6.05. The zero-order valence-electron chi connectivity index (χ0n) is 17.2. The highest BCUT2D eigenvalue weighted by atomic mass is 16.5. The van der Waals surface area contributed by atoms with E-state index in [0.717, 1.165) is 28.3 Å². The molecule has 3 aromatic rings. The van der Waals surface area contributed by atoms with Crippen LogP contribution >= 0.6 is 0 Å². The summed E-state index contributed by atoms with van der Waals surface area (Å²) in [5.74, 6) is 2.31. The molecule has 0 heterocycles. The first kappa shape index (κ1) is 19.6. The fourth-order valence-corrected chi connectivity index (χ4v) is 3.09. The van der Waals surface area contributed by atoms with Gasteiger partial charge in [0.1, 0.15) is 12.4 Å². The first-order valence-corrected chi connectivity index (χ1v) is 9.27. The van der Waals surface area contributed by atoms with Gasteiger partial charge in [0.05, 0.1) is 14.2 Å². The third-order valence-corrected chi connectivity index (χ3v) is 4.98. The third-order valence-electron chi connectivity index (χ3n) is 4.98. The van der Waals surface area contributed by atoms with E-state index in [1.165, 1.54) is 5.56 Å². The first-order valence-electron chi connectivity index (χ1n) is 9.27. The SMILES string of the molecule is COc1ccc(N(C)c2cc(C)c(C)c(OC)c2)cc1OCc1ccccc1. The Kier molecular flexibility index (Phi) is 6.09. The van der Waals surface area contributed by atoms with Crippen molar-refractivity contribution in [3.63, 3.8) is 0 Å². The summed E-state index contributed by atoms with van der Waals surface area (Å²) in [6.45, 7) is 4.65. The molecule has 0 bridgehead atoms. The van der Waals surface area contributed by atoms with Crippen LogP contribution in [0.2, 0.25) is 0 Å². The molecule has 0 radical (unpaired) electrons. The van der Waals surface area contributed by atoms with Gasteiger partial charge in [-0.3, -0.25) is 0 Å². The lowest BCUT2D eigenvalue weighted by Gasteiger charge is -2.23. The fourth-order valence-electron chi connectivity index (χ4n) is 3.09. The average molecular weight is 377 g/mol. The van der Waals surface area contributed by atoms with Crippen molar-refractivity contribution < 1.29 is 14.2 Å². The van der Waals surface area contributed by atoms with Crippen LogP contribution in [0.5, 0.6) is 17.2 Å². The minimum Gasteiger partial charge on any atom is -0.496 e. The Hall–Kier alpha value is -3.14. The Morgan fingerprint density at radius 3 is 2.11 bits per heavy atom. The molecular weight excluding hydrogens is 350 g/mol. The Bertz CT molecular complexity index is 938. The molecule has 0 unspecified atom stereocenters. The molecule has 0 aliphatic heterocycles. The summed E-state index contributed by atoms with van der Waals surface area (Å²) in [5, 5.41) is 0. The molecular formula is C24H27NO3. The van der Waals surface area contributed by atoms with Crippen LogP contribution in [-0.4, -0.2) is 21.3 Å². The summed E-state index contributed by atoms with van der Waals surface area (Å²) in [6.07, 6.45) is 0. The van der Waals surface area contributed by atoms with Gasteiger partial charge in [0.2, 0.25) is 0 Å². The molecule has 3 rings (SSSR count). The lowest BCUT2D eigenvalue weighted by atomic mass is 10.1. The van der Waals surface area contributed by atoms with Crippen LogP contribution in [0.15, 0.2) is 60.7 Å². The summed E-state index contributed by atoms with van der Waals surface area (Å²) in [6, 6.07) is 20.3. The van der Waals surface area contributed by atoms with E-state index in [1.54, 1.807) is 14.2 Å². The van der Waals surface area contributed by atoms with Gasteiger partial charge in [-0.05, 0) is 48.7 Å². The fraction of sp³-hybridized carbons (Fsp3) is 0.250. The largest absolute Gasteiger partial charge is 0.496 e. The third kappa shape index (κ3) is 4.22. The molecule has 0 amide bonds. The van der Waals surface area contributed by atoms with Gasteiger partial charge < -0.3 is 19.1 Å². The number of anilines is 2. The molecule has 0 atom stereocenters. The number of rotatable bonds is 7. The molecule has 0 spiro atoms. The maximum absolute atomic E-state index is 6.05. The Morgan fingerprint density at radius 1 is 0.750 bits per heavy atom. The quantitative estimate of drug-likeness (QED) is 0.531. The Labute approximate surface area is 167 Å². The standard InChI is InChI=1S/C24H27NO3/c1-17-13-21(15-23(27-5)18(17)2)25(3)20-11-12-22(26-4)24(14-20)28-16-19-9-7-6-8-10-19/h6-15H,16H2,1-5H3. The normalized spacial score (nSPS) is 10.5. The predicted molar refractivity (Wildman–Crippen MR) is 114 cm³/mol. The minimum atomic E-state index is 0.488. The van der Waals surface area contributed by atoms with Crippen molar-refractivity contribution >= 4 is 11.4 Å².